The van der Waals surface area contributed by atoms with Gasteiger partial charge in [0.05, 0.1) is 0 Å². The molecule has 0 aromatic heterocycles. The second-order valence-electron chi connectivity index (χ2n) is 2.30. The van der Waals surface area contributed by atoms with Crippen molar-refractivity contribution in [2.24, 2.45) is 11.5 Å². The number of primary amides is 1. The van der Waals surface area contributed by atoms with Gasteiger partial charge in [-0.15, -0.1) is 0 Å². The molecule has 0 saturated heterocycles. The summed E-state index contributed by atoms with van der Waals surface area (Å²) in [5.41, 5.74) is 9.98. The molecular weight excluding hydrogens is 148 g/mol. The highest BCUT2D eigenvalue weighted by Crippen LogP contribution is 1.97. The average Bonchev–Trinajstić information content (AvgIpc) is 1.86. The molecule has 0 bridgehead atoms. The number of hydrogen-bond donors (Lipinski definition) is 3. The van der Waals surface area contributed by atoms with Gasteiger partial charge < -0.3 is 16.6 Å². The maximum absolute atomic E-state index is 10.2. The highest BCUT2D eigenvalue weighted by atomic mass is 16.4. The molecule has 5 N–H and O–H groups in total. The van der Waals surface area contributed by atoms with E-state index in [1.807, 2.05) is 0 Å². The molecule has 0 aliphatic heterocycles. The van der Waals surface area contributed by atoms with Crippen LogP contribution in [0.1, 0.15) is 19.3 Å². The van der Waals surface area contributed by atoms with Gasteiger partial charge in [-0.3, -0.25) is 9.59 Å². The molecule has 0 heterocycles. The first-order chi connectivity index (χ1) is 5.04. The smallest absolute Gasteiger partial charge is 0.320 e. The minimum Gasteiger partial charge on any atom is -0.480 e. The van der Waals surface area contributed by atoms with Gasteiger partial charge in [-0.2, -0.15) is 0 Å². The number of rotatable bonds is 5. The number of carbonyl (C=O) groups is 2. The van der Waals surface area contributed by atoms with Crippen molar-refractivity contribution in [3.05, 3.63) is 0 Å². The van der Waals surface area contributed by atoms with E-state index < -0.39 is 17.9 Å². The molecule has 0 spiro atoms. The first kappa shape index (κ1) is 9.90. The lowest BCUT2D eigenvalue weighted by Gasteiger charge is -2.03. The van der Waals surface area contributed by atoms with Crippen molar-refractivity contribution in [2.45, 2.75) is 25.3 Å². The van der Waals surface area contributed by atoms with Gasteiger partial charge in [0.2, 0.25) is 5.91 Å². The van der Waals surface area contributed by atoms with E-state index in [-0.39, 0.29) is 12.8 Å². The number of carboxylic acids is 1. The predicted molar refractivity (Wildman–Crippen MR) is 38.7 cm³/mol. The Kier molecular flexibility index (Phi) is 4.21. The van der Waals surface area contributed by atoms with E-state index in [9.17, 15) is 9.59 Å². The second-order valence-corrected chi connectivity index (χ2v) is 2.30. The third-order valence-electron chi connectivity index (χ3n) is 1.26. The highest BCUT2D eigenvalue weighted by molar-refractivity contribution is 5.74. The second kappa shape index (κ2) is 4.68. The van der Waals surface area contributed by atoms with E-state index in [1.165, 1.54) is 0 Å². The van der Waals surface area contributed by atoms with E-state index in [2.05, 4.69) is 0 Å². The molecule has 0 radical (unpaired) electrons. The van der Waals surface area contributed by atoms with Gasteiger partial charge in [-0.05, 0) is 12.8 Å². The van der Waals surface area contributed by atoms with Gasteiger partial charge in [0, 0.05) is 6.42 Å². The van der Waals surface area contributed by atoms with Crippen LogP contribution in [0.25, 0.3) is 0 Å². The molecular formula is C6H12N2O3. The fourth-order valence-electron chi connectivity index (χ4n) is 0.620. The topological polar surface area (TPSA) is 106 Å². The van der Waals surface area contributed by atoms with E-state index in [4.69, 9.17) is 16.6 Å². The summed E-state index contributed by atoms with van der Waals surface area (Å²) in [5.74, 6) is -1.47. The maximum Gasteiger partial charge on any atom is 0.320 e. The third kappa shape index (κ3) is 5.35. The van der Waals surface area contributed by atoms with Crippen molar-refractivity contribution < 1.29 is 14.7 Å². The summed E-state index contributed by atoms with van der Waals surface area (Å²) in [6.45, 7) is 0. The lowest BCUT2D eigenvalue weighted by atomic mass is 10.1. The predicted octanol–water partition coefficient (Wildman–Crippen LogP) is -0.946. The maximum atomic E-state index is 10.2. The first-order valence-corrected chi connectivity index (χ1v) is 3.30. The Bertz CT molecular complexity index is 158. The molecule has 5 heteroatoms. The van der Waals surface area contributed by atoms with Crippen molar-refractivity contribution in [3.8, 4) is 0 Å². The number of amides is 1. The van der Waals surface area contributed by atoms with Gasteiger partial charge in [0.1, 0.15) is 6.04 Å². The van der Waals surface area contributed by atoms with Crippen LogP contribution >= 0.6 is 0 Å². The van der Waals surface area contributed by atoms with Gasteiger partial charge in [0.15, 0.2) is 0 Å². The molecule has 1 atom stereocenters. The van der Waals surface area contributed by atoms with Crippen LogP contribution in [0.5, 0.6) is 0 Å². The van der Waals surface area contributed by atoms with Crippen molar-refractivity contribution in [1.29, 1.82) is 0 Å². The van der Waals surface area contributed by atoms with Crippen LogP contribution in [0, 0.1) is 0 Å². The van der Waals surface area contributed by atoms with Crippen LogP contribution in [0.15, 0.2) is 0 Å². The lowest BCUT2D eigenvalue weighted by Crippen LogP contribution is -2.30. The van der Waals surface area contributed by atoms with Crippen LogP contribution < -0.4 is 11.5 Å². The molecule has 11 heavy (non-hydrogen) atoms. The number of nitrogens with two attached hydrogens (primary N) is 2. The molecule has 1 amide bonds. The molecule has 0 aromatic rings. The number of carbonyl (C=O) groups excluding carboxylic acids is 1. The van der Waals surface area contributed by atoms with Crippen LogP contribution in [-0.2, 0) is 9.59 Å². The Morgan fingerprint density at radius 1 is 1.45 bits per heavy atom. The van der Waals surface area contributed by atoms with Crippen molar-refractivity contribution >= 4 is 11.9 Å². The fraction of sp³-hybridized carbons (Fsp3) is 0.667. The number of aliphatic carboxylic acids is 1. The zero-order valence-electron chi connectivity index (χ0n) is 6.12. The molecule has 64 valence electrons. The summed E-state index contributed by atoms with van der Waals surface area (Å²) in [4.78, 5) is 20.3. The Hall–Kier alpha value is -1.10. The molecule has 0 rings (SSSR count). The van der Waals surface area contributed by atoms with Crippen LogP contribution in [0.4, 0.5) is 0 Å². The van der Waals surface area contributed by atoms with E-state index in [0.29, 0.717) is 6.42 Å². The van der Waals surface area contributed by atoms with Gasteiger partial charge in [-0.1, -0.05) is 0 Å². The zero-order chi connectivity index (χ0) is 8.85. The normalized spacial score (nSPS) is 12.5. The van der Waals surface area contributed by atoms with E-state index in [0.717, 1.165) is 0 Å². The van der Waals surface area contributed by atoms with Gasteiger partial charge in [0.25, 0.3) is 0 Å². The quantitative estimate of drug-likeness (QED) is 0.482. The van der Waals surface area contributed by atoms with Gasteiger partial charge >= 0.3 is 5.97 Å². The first-order valence-electron chi connectivity index (χ1n) is 3.30. The molecule has 5 nitrogen and oxygen atoms in total. The van der Waals surface area contributed by atoms with E-state index >= 15 is 0 Å². The van der Waals surface area contributed by atoms with Crippen molar-refractivity contribution in [2.75, 3.05) is 0 Å². The largest absolute Gasteiger partial charge is 0.480 e. The van der Waals surface area contributed by atoms with Crippen molar-refractivity contribution in [3.63, 3.8) is 0 Å². The Labute approximate surface area is 64.4 Å². The number of carboxylic acid groups (broad SMARTS) is 1. The molecule has 0 aliphatic carbocycles. The van der Waals surface area contributed by atoms with E-state index in [1.54, 1.807) is 0 Å². The van der Waals surface area contributed by atoms with Crippen LogP contribution in [0.3, 0.4) is 0 Å². The molecule has 0 saturated carbocycles. The molecule has 1 unspecified atom stereocenters. The Morgan fingerprint density at radius 3 is 2.36 bits per heavy atom. The standard InChI is InChI=1S/C6H12N2O3/c7-4(6(10)11)2-1-3-5(8)9/h4H,1-3,7H2,(H2,8,9)(H,10,11). The minimum absolute atomic E-state index is 0.195. The highest BCUT2D eigenvalue weighted by Gasteiger charge is 2.10. The summed E-state index contributed by atoms with van der Waals surface area (Å²) >= 11 is 0. The molecule has 0 aliphatic rings. The molecule has 0 fully saturated rings. The average molecular weight is 160 g/mol. The summed E-state index contributed by atoms with van der Waals surface area (Å²) < 4.78 is 0. The minimum atomic E-state index is -1.05. The monoisotopic (exact) mass is 160 g/mol. The summed E-state index contributed by atoms with van der Waals surface area (Å²) in [5, 5.41) is 8.31. The SMILES string of the molecule is NC(=O)CCCC(N)C(=O)O. The lowest BCUT2D eigenvalue weighted by molar-refractivity contribution is -0.138. The van der Waals surface area contributed by atoms with Crippen LogP contribution in [0.2, 0.25) is 0 Å². The summed E-state index contributed by atoms with van der Waals surface area (Å²) in [6.07, 6.45) is 0.919. The van der Waals surface area contributed by atoms with Crippen molar-refractivity contribution in [1.82, 2.24) is 0 Å². The fourth-order valence-corrected chi connectivity index (χ4v) is 0.620. The zero-order valence-corrected chi connectivity index (χ0v) is 6.12. The Balaban J connectivity index is 3.39. The van der Waals surface area contributed by atoms with Crippen LogP contribution in [-0.4, -0.2) is 23.0 Å². The van der Waals surface area contributed by atoms with Gasteiger partial charge in [-0.25, -0.2) is 0 Å². The molecule has 0 aromatic carbocycles. The number of hydrogen-bond acceptors (Lipinski definition) is 3. The Morgan fingerprint density at radius 2 is 2.00 bits per heavy atom. The third-order valence-corrected chi connectivity index (χ3v) is 1.26. The summed E-state index contributed by atoms with van der Waals surface area (Å²) in [7, 11) is 0. The summed E-state index contributed by atoms with van der Waals surface area (Å²) in [6, 6.07) is -0.880.